The van der Waals surface area contributed by atoms with Gasteiger partial charge in [-0.05, 0) is 73.8 Å². The van der Waals surface area contributed by atoms with Gasteiger partial charge in [0.1, 0.15) is 0 Å². The van der Waals surface area contributed by atoms with Crippen LogP contribution >= 0.6 is 0 Å². The third-order valence-corrected chi connectivity index (χ3v) is 6.38. The first-order valence-corrected chi connectivity index (χ1v) is 8.50. The lowest BCUT2D eigenvalue weighted by Gasteiger charge is -2.51. The molecule has 1 saturated carbocycles. The smallest absolute Gasteiger partial charge is 0.0714 e. The number of benzene rings is 1. The summed E-state index contributed by atoms with van der Waals surface area (Å²) in [6.45, 7) is 3.41. The molecular formula is C19H26O. The van der Waals surface area contributed by atoms with Gasteiger partial charge in [0.05, 0.1) is 5.60 Å². The van der Waals surface area contributed by atoms with E-state index in [1.165, 1.54) is 44.9 Å². The highest BCUT2D eigenvalue weighted by Gasteiger charge is 2.47. The van der Waals surface area contributed by atoms with E-state index in [4.69, 9.17) is 4.74 Å². The monoisotopic (exact) mass is 270 g/mol. The first kappa shape index (κ1) is 12.9. The molecule has 1 aliphatic heterocycles. The van der Waals surface area contributed by atoms with Gasteiger partial charge in [-0.3, -0.25) is 0 Å². The molecule has 2 aliphatic carbocycles. The van der Waals surface area contributed by atoms with Crippen LogP contribution in [0.5, 0.6) is 0 Å². The van der Waals surface area contributed by atoms with E-state index in [1.54, 1.807) is 11.1 Å². The van der Waals surface area contributed by atoms with Gasteiger partial charge >= 0.3 is 0 Å². The molecule has 1 heteroatoms. The van der Waals surface area contributed by atoms with Crippen molar-refractivity contribution >= 4 is 0 Å². The second kappa shape index (κ2) is 4.87. The lowest BCUT2D eigenvalue weighted by atomic mass is 9.60. The molecule has 0 bridgehead atoms. The standard InChI is InChI=1S/C19H26O/c1-14-5-4-12-20-19(14)11-10-16-9-8-15-6-2-3-7-17(15)18(16)13-19/h2-3,6-7,14,16,18H,4-5,8-13H2,1H3. The molecule has 3 aliphatic rings. The molecule has 4 atom stereocenters. The van der Waals surface area contributed by atoms with Crippen LogP contribution in [0.1, 0.15) is 62.5 Å². The molecule has 2 fully saturated rings. The maximum Gasteiger partial charge on any atom is 0.0714 e. The van der Waals surface area contributed by atoms with E-state index in [0.29, 0.717) is 0 Å². The zero-order valence-corrected chi connectivity index (χ0v) is 12.6. The fourth-order valence-corrected chi connectivity index (χ4v) is 5.09. The molecule has 1 saturated heterocycles. The van der Waals surface area contributed by atoms with Crippen LogP contribution in [0.15, 0.2) is 24.3 Å². The number of aryl methyl sites for hydroxylation is 1. The van der Waals surface area contributed by atoms with E-state index in [1.807, 2.05) is 0 Å². The Morgan fingerprint density at radius 3 is 2.95 bits per heavy atom. The highest BCUT2D eigenvalue weighted by molar-refractivity contribution is 5.34. The Balaban J connectivity index is 1.67. The number of rotatable bonds is 0. The van der Waals surface area contributed by atoms with Crippen LogP contribution in [0.4, 0.5) is 0 Å². The molecule has 1 aromatic rings. The number of ether oxygens (including phenoxy) is 1. The maximum absolute atomic E-state index is 6.38. The highest BCUT2D eigenvalue weighted by atomic mass is 16.5. The van der Waals surface area contributed by atoms with Crippen molar-refractivity contribution in [2.24, 2.45) is 11.8 Å². The maximum atomic E-state index is 6.38. The van der Waals surface area contributed by atoms with Crippen molar-refractivity contribution in [3.05, 3.63) is 35.4 Å². The van der Waals surface area contributed by atoms with E-state index in [0.717, 1.165) is 24.4 Å². The van der Waals surface area contributed by atoms with E-state index in [2.05, 4.69) is 31.2 Å². The second-order valence-electron chi connectivity index (χ2n) is 7.30. The summed E-state index contributed by atoms with van der Waals surface area (Å²) in [5, 5.41) is 0. The number of hydrogen-bond acceptors (Lipinski definition) is 1. The lowest BCUT2D eigenvalue weighted by Crippen LogP contribution is -2.49. The Hall–Kier alpha value is -0.820. The summed E-state index contributed by atoms with van der Waals surface area (Å²) in [7, 11) is 0. The summed E-state index contributed by atoms with van der Waals surface area (Å²) in [6, 6.07) is 9.17. The summed E-state index contributed by atoms with van der Waals surface area (Å²) in [5.74, 6) is 2.41. The lowest BCUT2D eigenvalue weighted by molar-refractivity contribution is -0.145. The minimum Gasteiger partial charge on any atom is -0.375 e. The molecule has 108 valence electrons. The fourth-order valence-electron chi connectivity index (χ4n) is 5.09. The summed E-state index contributed by atoms with van der Waals surface area (Å²) in [4.78, 5) is 0. The largest absolute Gasteiger partial charge is 0.375 e. The molecule has 4 unspecified atom stereocenters. The van der Waals surface area contributed by atoms with E-state index < -0.39 is 0 Å². The SMILES string of the molecule is CC1CCCOC12CCC1CCc3ccccc3C1C2. The normalized spacial score (nSPS) is 40.1. The van der Waals surface area contributed by atoms with E-state index in [9.17, 15) is 0 Å². The molecule has 1 spiro atoms. The van der Waals surface area contributed by atoms with Crippen LogP contribution in [-0.2, 0) is 11.2 Å². The van der Waals surface area contributed by atoms with Gasteiger partial charge in [-0.1, -0.05) is 31.2 Å². The van der Waals surface area contributed by atoms with Crippen molar-refractivity contribution in [1.82, 2.24) is 0 Å². The zero-order valence-electron chi connectivity index (χ0n) is 12.6. The molecule has 1 nitrogen and oxygen atoms in total. The minimum atomic E-state index is 0.198. The Kier molecular flexibility index (Phi) is 3.14. The summed E-state index contributed by atoms with van der Waals surface area (Å²) in [5.41, 5.74) is 3.45. The van der Waals surface area contributed by atoms with Crippen molar-refractivity contribution in [3.8, 4) is 0 Å². The quantitative estimate of drug-likeness (QED) is 0.664. The van der Waals surface area contributed by atoms with Crippen molar-refractivity contribution < 1.29 is 4.74 Å². The third-order valence-electron chi connectivity index (χ3n) is 6.38. The van der Waals surface area contributed by atoms with Crippen molar-refractivity contribution in [2.45, 2.75) is 63.4 Å². The highest BCUT2D eigenvalue weighted by Crippen LogP contribution is 2.53. The van der Waals surface area contributed by atoms with Crippen LogP contribution in [-0.4, -0.2) is 12.2 Å². The number of fused-ring (bicyclic) bond motifs is 3. The Morgan fingerprint density at radius 1 is 1.15 bits per heavy atom. The Morgan fingerprint density at radius 2 is 2.05 bits per heavy atom. The molecule has 1 aromatic carbocycles. The Labute approximate surface area is 122 Å². The molecule has 0 radical (unpaired) electrons. The van der Waals surface area contributed by atoms with Crippen LogP contribution in [0.3, 0.4) is 0 Å². The van der Waals surface area contributed by atoms with Gasteiger partial charge in [-0.25, -0.2) is 0 Å². The summed E-state index contributed by atoms with van der Waals surface area (Å²) < 4.78 is 6.38. The average Bonchev–Trinajstić information content (AvgIpc) is 2.50. The number of hydrogen-bond donors (Lipinski definition) is 0. The molecular weight excluding hydrogens is 244 g/mol. The van der Waals surface area contributed by atoms with Gasteiger partial charge in [-0.2, -0.15) is 0 Å². The van der Waals surface area contributed by atoms with E-state index in [-0.39, 0.29) is 5.60 Å². The molecule has 20 heavy (non-hydrogen) atoms. The fraction of sp³-hybridized carbons (Fsp3) is 0.684. The molecule has 0 amide bonds. The topological polar surface area (TPSA) is 9.23 Å². The first-order valence-electron chi connectivity index (χ1n) is 8.50. The predicted octanol–water partition coefficient (Wildman–Crippen LogP) is 4.70. The average molecular weight is 270 g/mol. The molecule has 0 aromatic heterocycles. The summed E-state index contributed by atoms with van der Waals surface area (Å²) >= 11 is 0. The summed E-state index contributed by atoms with van der Waals surface area (Å²) in [6.07, 6.45) is 9.26. The van der Waals surface area contributed by atoms with Crippen molar-refractivity contribution in [3.63, 3.8) is 0 Å². The van der Waals surface area contributed by atoms with Crippen LogP contribution in [0.25, 0.3) is 0 Å². The van der Waals surface area contributed by atoms with E-state index >= 15 is 0 Å². The molecule has 0 N–H and O–H groups in total. The first-order chi connectivity index (χ1) is 9.78. The third kappa shape index (κ3) is 1.94. The molecule has 1 heterocycles. The van der Waals surface area contributed by atoms with Gasteiger partial charge in [0.2, 0.25) is 0 Å². The zero-order chi connectivity index (χ0) is 13.6. The van der Waals surface area contributed by atoms with Gasteiger partial charge in [0.25, 0.3) is 0 Å². The Bertz CT molecular complexity index is 494. The van der Waals surface area contributed by atoms with Gasteiger partial charge in [0, 0.05) is 6.61 Å². The van der Waals surface area contributed by atoms with Crippen molar-refractivity contribution in [2.75, 3.05) is 6.61 Å². The van der Waals surface area contributed by atoms with Gasteiger partial charge in [0.15, 0.2) is 0 Å². The van der Waals surface area contributed by atoms with Crippen LogP contribution in [0.2, 0.25) is 0 Å². The van der Waals surface area contributed by atoms with Gasteiger partial charge < -0.3 is 4.74 Å². The second-order valence-corrected chi connectivity index (χ2v) is 7.30. The minimum absolute atomic E-state index is 0.198. The van der Waals surface area contributed by atoms with Crippen LogP contribution in [0, 0.1) is 11.8 Å². The predicted molar refractivity (Wildman–Crippen MR) is 81.9 cm³/mol. The molecule has 4 rings (SSSR count). The van der Waals surface area contributed by atoms with Crippen LogP contribution < -0.4 is 0 Å². The van der Waals surface area contributed by atoms with Gasteiger partial charge in [-0.15, -0.1) is 0 Å². The van der Waals surface area contributed by atoms with Crippen molar-refractivity contribution in [1.29, 1.82) is 0 Å².